The summed E-state index contributed by atoms with van der Waals surface area (Å²) in [5.74, 6) is 0.751. The fourth-order valence-corrected chi connectivity index (χ4v) is 1.90. The van der Waals surface area contributed by atoms with Gasteiger partial charge in [-0.2, -0.15) is 5.26 Å². The predicted octanol–water partition coefficient (Wildman–Crippen LogP) is 2.60. The maximum atomic E-state index is 11.1. The average Bonchev–Trinajstić information content (AvgIpc) is 2.86. The molecule has 1 heterocycles. The van der Waals surface area contributed by atoms with E-state index in [0.717, 1.165) is 18.7 Å². The van der Waals surface area contributed by atoms with Gasteiger partial charge in [0.25, 0.3) is 5.69 Å². The van der Waals surface area contributed by atoms with Crippen LogP contribution in [-0.2, 0) is 6.42 Å². The number of imidazole rings is 1. The minimum atomic E-state index is -0.452. The number of benzene rings is 1. The smallest absolute Gasteiger partial charge is 0.293 e. The van der Waals surface area contributed by atoms with Crippen LogP contribution in [0.5, 0.6) is 0 Å². The van der Waals surface area contributed by atoms with Crippen molar-refractivity contribution in [2.24, 2.45) is 0 Å². The van der Waals surface area contributed by atoms with Gasteiger partial charge in [0.1, 0.15) is 11.5 Å². The molecule has 2 rings (SSSR count). The Balaban J connectivity index is 2.62. The van der Waals surface area contributed by atoms with Gasteiger partial charge in [-0.15, -0.1) is 0 Å². The van der Waals surface area contributed by atoms with Crippen LogP contribution < -0.4 is 0 Å². The second-order valence-corrected chi connectivity index (χ2v) is 4.04. The first-order valence-electron chi connectivity index (χ1n) is 5.88. The highest BCUT2D eigenvalue weighted by Gasteiger charge is 2.17. The van der Waals surface area contributed by atoms with E-state index in [0.29, 0.717) is 11.3 Å². The number of aryl methyl sites for hydroxylation is 1. The van der Waals surface area contributed by atoms with Crippen LogP contribution >= 0.6 is 0 Å². The fraction of sp³-hybridized carbons (Fsp3) is 0.231. The SMILES string of the molecule is CCCc1nccn1-c1cc(C#N)ccc1[N+](=O)[O-]. The molecule has 0 bridgehead atoms. The Kier molecular flexibility index (Phi) is 3.57. The molecule has 0 aliphatic heterocycles. The molecule has 2 aromatic rings. The number of hydrogen-bond donors (Lipinski definition) is 0. The van der Waals surface area contributed by atoms with E-state index in [1.54, 1.807) is 17.0 Å². The lowest BCUT2D eigenvalue weighted by atomic mass is 10.2. The summed E-state index contributed by atoms with van der Waals surface area (Å²) in [4.78, 5) is 14.8. The summed E-state index contributed by atoms with van der Waals surface area (Å²) in [6, 6.07) is 6.30. The minimum Gasteiger partial charge on any atom is -0.298 e. The van der Waals surface area contributed by atoms with Crippen molar-refractivity contribution in [2.45, 2.75) is 19.8 Å². The topological polar surface area (TPSA) is 84.8 Å². The largest absolute Gasteiger partial charge is 0.298 e. The van der Waals surface area contributed by atoms with E-state index in [1.165, 1.54) is 18.2 Å². The zero-order valence-corrected chi connectivity index (χ0v) is 10.4. The van der Waals surface area contributed by atoms with E-state index in [9.17, 15) is 10.1 Å². The van der Waals surface area contributed by atoms with Gasteiger partial charge in [-0.25, -0.2) is 4.98 Å². The highest BCUT2D eigenvalue weighted by Crippen LogP contribution is 2.25. The molecular formula is C13H12N4O2. The Labute approximate surface area is 110 Å². The monoisotopic (exact) mass is 256 g/mol. The highest BCUT2D eigenvalue weighted by molar-refractivity contribution is 5.57. The first-order valence-corrected chi connectivity index (χ1v) is 5.88. The molecule has 0 spiro atoms. The summed E-state index contributed by atoms with van der Waals surface area (Å²) in [5.41, 5.74) is 0.733. The molecule has 0 fully saturated rings. The second-order valence-electron chi connectivity index (χ2n) is 4.04. The molecule has 0 N–H and O–H groups in total. The predicted molar refractivity (Wildman–Crippen MR) is 68.9 cm³/mol. The van der Waals surface area contributed by atoms with Crippen LogP contribution in [0.2, 0.25) is 0 Å². The Morgan fingerprint density at radius 1 is 1.53 bits per heavy atom. The van der Waals surface area contributed by atoms with E-state index < -0.39 is 4.92 Å². The van der Waals surface area contributed by atoms with Gasteiger partial charge in [-0.05, 0) is 18.6 Å². The summed E-state index contributed by atoms with van der Waals surface area (Å²) in [5, 5.41) is 20.0. The number of nitriles is 1. The zero-order chi connectivity index (χ0) is 13.8. The van der Waals surface area contributed by atoms with Crippen molar-refractivity contribution in [1.29, 1.82) is 5.26 Å². The summed E-state index contributed by atoms with van der Waals surface area (Å²) >= 11 is 0. The minimum absolute atomic E-state index is 0.0330. The van der Waals surface area contributed by atoms with E-state index in [1.807, 2.05) is 13.0 Å². The molecule has 0 saturated carbocycles. The van der Waals surface area contributed by atoms with Crippen LogP contribution in [0.15, 0.2) is 30.6 Å². The van der Waals surface area contributed by atoms with Crippen LogP contribution in [0.3, 0.4) is 0 Å². The lowest BCUT2D eigenvalue weighted by Crippen LogP contribution is -2.04. The molecule has 19 heavy (non-hydrogen) atoms. The summed E-state index contributed by atoms with van der Waals surface area (Å²) < 4.78 is 1.67. The third-order valence-corrected chi connectivity index (χ3v) is 2.75. The number of nitro benzene ring substituents is 1. The lowest BCUT2D eigenvalue weighted by Gasteiger charge is -2.08. The quantitative estimate of drug-likeness (QED) is 0.621. The van der Waals surface area contributed by atoms with Gasteiger partial charge in [-0.1, -0.05) is 6.92 Å². The normalized spacial score (nSPS) is 10.1. The van der Waals surface area contributed by atoms with Crippen molar-refractivity contribution in [2.75, 3.05) is 0 Å². The van der Waals surface area contributed by atoms with Crippen LogP contribution in [0.25, 0.3) is 5.69 Å². The van der Waals surface area contributed by atoms with Gasteiger partial charge in [0, 0.05) is 24.9 Å². The first kappa shape index (κ1) is 12.8. The average molecular weight is 256 g/mol. The maximum Gasteiger partial charge on any atom is 0.293 e. The number of nitrogens with zero attached hydrogens (tertiary/aromatic N) is 4. The molecule has 96 valence electrons. The summed E-state index contributed by atoms with van der Waals surface area (Å²) in [6.07, 6.45) is 4.89. The molecule has 0 saturated heterocycles. The van der Waals surface area contributed by atoms with Crippen LogP contribution in [0.4, 0.5) is 5.69 Å². The van der Waals surface area contributed by atoms with Crippen molar-refractivity contribution in [3.8, 4) is 11.8 Å². The number of hydrogen-bond acceptors (Lipinski definition) is 4. The van der Waals surface area contributed by atoms with Crippen LogP contribution in [-0.4, -0.2) is 14.5 Å². The van der Waals surface area contributed by atoms with Crippen molar-refractivity contribution in [1.82, 2.24) is 9.55 Å². The highest BCUT2D eigenvalue weighted by atomic mass is 16.6. The number of aromatic nitrogens is 2. The molecule has 6 heteroatoms. The lowest BCUT2D eigenvalue weighted by molar-refractivity contribution is -0.384. The molecule has 0 atom stereocenters. The number of nitro groups is 1. The van der Waals surface area contributed by atoms with Gasteiger partial charge in [0.2, 0.25) is 0 Å². The van der Waals surface area contributed by atoms with Crippen molar-refractivity contribution in [3.63, 3.8) is 0 Å². The van der Waals surface area contributed by atoms with E-state index >= 15 is 0 Å². The Morgan fingerprint density at radius 2 is 2.32 bits per heavy atom. The Hall–Kier alpha value is -2.68. The van der Waals surface area contributed by atoms with Crippen molar-refractivity contribution in [3.05, 3.63) is 52.1 Å². The van der Waals surface area contributed by atoms with Crippen molar-refractivity contribution < 1.29 is 4.92 Å². The summed E-state index contributed by atoms with van der Waals surface area (Å²) in [7, 11) is 0. The van der Waals surface area contributed by atoms with Gasteiger partial charge in [-0.3, -0.25) is 14.7 Å². The molecule has 0 radical (unpaired) electrons. The zero-order valence-electron chi connectivity index (χ0n) is 10.4. The molecule has 6 nitrogen and oxygen atoms in total. The second kappa shape index (κ2) is 5.31. The Morgan fingerprint density at radius 3 is 2.95 bits per heavy atom. The number of rotatable bonds is 4. The molecule has 0 aliphatic rings. The van der Waals surface area contributed by atoms with Crippen molar-refractivity contribution >= 4 is 5.69 Å². The standard InChI is InChI=1S/C13H12N4O2/c1-2-3-13-15-6-7-16(13)12-8-10(9-14)4-5-11(12)17(18)19/h4-8H,2-3H2,1H3. The van der Waals surface area contributed by atoms with Gasteiger partial charge in [0.05, 0.1) is 16.6 Å². The summed E-state index contributed by atoms with van der Waals surface area (Å²) in [6.45, 7) is 2.01. The van der Waals surface area contributed by atoms with E-state index in [-0.39, 0.29) is 5.69 Å². The Bertz CT molecular complexity index is 655. The third-order valence-electron chi connectivity index (χ3n) is 2.75. The molecular weight excluding hydrogens is 244 g/mol. The van der Waals surface area contributed by atoms with Crippen LogP contribution in [0, 0.1) is 21.4 Å². The van der Waals surface area contributed by atoms with Gasteiger partial charge >= 0.3 is 0 Å². The fourth-order valence-electron chi connectivity index (χ4n) is 1.90. The first-order chi connectivity index (χ1) is 9.17. The molecule has 1 aromatic carbocycles. The van der Waals surface area contributed by atoms with E-state index in [4.69, 9.17) is 5.26 Å². The van der Waals surface area contributed by atoms with Gasteiger partial charge in [0.15, 0.2) is 0 Å². The molecule has 1 aromatic heterocycles. The van der Waals surface area contributed by atoms with Gasteiger partial charge < -0.3 is 0 Å². The van der Waals surface area contributed by atoms with Crippen LogP contribution in [0.1, 0.15) is 24.7 Å². The molecule has 0 unspecified atom stereocenters. The molecule has 0 aliphatic carbocycles. The molecule has 0 amide bonds. The van der Waals surface area contributed by atoms with E-state index in [2.05, 4.69) is 4.98 Å². The maximum absolute atomic E-state index is 11.1. The third kappa shape index (κ3) is 2.45.